The molecule has 2 unspecified atom stereocenters. The highest BCUT2D eigenvalue weighted by Crippen LogP contribution is 2.30. The number of hydrogen-bond donors (Lipinski definition) is 1. The monoisotopic (exact) mass is 288 g/mol. The Kier molecular flexibility index (Phi) is 5.80. The van der Waals surface area contributed by atoms with Crippen LogP contribution in [0.5, 0.6) is 0 Å². The first-order chi connectivity index (χ1) is 10.1. The maximum absolute atomic E-state index is 12.7. The molecule has 2 atom stereocenters. The number of carbonyl (C=O) groups is 1. The topological polar surface area (TPSA) is 32.3 Å². The van der Waals surface area contributed by atoms with Crippen molar-refractivity contribution in [3.8, 4) is 0 Å². The molecule has 0 spiro atoms. The summed E-state index contributed by atoms with van der Waals surface area (Å²) < 4.78 is 0. The largest absolute Gasteiger partial charge is 0.338 e. The molecule has 1 N–H and O–H groups in total. The molecule has 0 bridgehead atoms. The van der Waals surface area contributed by atoms with Crippen molar-refractivity contribution in [3.63, 3.8) is 0 Å². The molecule has 0 aromatic heterocycles. The van der Waals surface area contributed by atoms with E-state index in [0.29, 0.717) is 30.2 Å². The van der Waals surface area contributed by atoms with Gasteiger partial charge in [0.25, 0.3) is 0 Å². The zero-order valence-corrected chi connectivity index (χ0v) is 13.5. The zero-order valence-electron chi connectivity index (χ0n) is 13.5. The van der Waals surface area contributed by atoms with E-state index in [2.05, 4.69) is 48.3 Å². The van der Waals surface area contributed by atoms with Crippen LogP contribution in [0.4, 0.5) is 0 Å². The van der Waals surface area contributed by atoms with Gasteiger partial charge in [-0.05, 0) is 37.3 Å². The van der Waals surface area contributed by atoms with Crippen molar-refractivity contribution in [1.29, 1.82) is 0 Å². The van der Waals surface area contributed by atoms with Gasteiger partial charge in [0.2, 0.25) is 5.91 Å². The lowest BCUT2D eigenvalue weighted by molar-refractivity contribution is -0.132. The van der Waals surface area contributed by atoms with Gasteiger partial charge in [0, 0.05) is 25.6 Å². The quantitative estimate of drug-likeness (QED) is 0.872. The smallest absolute Gasteiger partial charge is 0.223 e. The van der Waals surface area contributed by atoms with Crippen molar-refractivity contribution in [2.75, 3.05) is 20.1 Å². The molecule has 1 aromatic rings. The first kappa shape index (κ1) is 16.0. The van der Waals surface area contributed by atoms with Crippen molar-refractivity contribution in [2.24, 2.45) is 5.92 Å². The molecule has 1 saturated heterocycles. The van der Waals surface area contributed by atoms with Gasteiger partial charge >= 0.3 is 0 Å². The van der Waals surface area contributed by atoms with Gasteiger partial charge in [-0.25, -0.2) is 0 Å². The second kappa shape index (κ2) is 7.60. The SMILES string of the molecule is CNCC1CCCN1C(=O)CC(c1ccccc1)C(C)C. The van der Waals surface area contributed by atoms with E-state index in [1.54, 1.807) is 0 Å². The van der Waals surface area contributed by atoms with Crippen molar-refractivity contribution < 1.29 is 4.79 Å². The van der Waals surface area contributed by atoms with Crippen LogP contribution >= 0.6 is 0 Å². The number of amides is 1. The lowest BCUT2D eigenvalue weighted by atomic mass is 9.85. The van der Waals surface area contributed by atoms with E-state index >= 15 is 0 Å². The van der Waals surface area contributed by atoms with Crippen molar-refractivity contribution in [2.45, 2.75) is 45.1 Å². The molecule has 1 heterocycles. The van der Waals surface area contributed by atoms with Gasteiger partial charge in [0.15, 0.2) is 0 Å². The molecular formula is C18H28N2O. The minimum Gasteiger partial charge on any atom is -0.338 e. The van der Waals surface area contributed by atoms with Gasteiger partial charge in [-0.3, -0.25) is 4.79 Å². The summed E-state index contributed by atoms with van der Waals surface area (Å²) in [6.45, 7) is 6.24. The second-order valence-corrected chi connectivity index (χ2v) is 6.41. The standard InChI is InChI=1S/C18H28N2O/c1-14(2)17(15-8-5-4-6-9-15)12-18(21)20-11-7-10-16(20)13-19-3/h4-6,8-9,14,16-17,19H,7,10-13H2,1-3H3. The fraction of sp³-hybridized carbons (Fsp3) is 0.611. The molecule has 21 heavy (non-hydrogen) atoms. The highest BCUT2D eigenvalue weighted by molar-refractivity contribution is 5.77. The number of nitrogens with one attached hydrogen (secondary N) is 1. The Morgan fingerprint density at radius 3 is 2.67 bits per heavy atom. The summed E-state index contributed by atoms with van der Waals surface area (Å²) in [6, 6.07) is 10.8. The van der Waals surface area contributed by atoms with Crippen LogP contribution in [0.3, 0.4) is 0 Å². The Morgan fingerprint density at radius 1 is 1.33 bits per heavy atom. The third kappa shape index (κ3) is 4.07. The van der Waals surface area contributed by atoms with E-state index in [-0.39, 0.29) is 0 Å². The van der Waals surface area contributed by atoms with Gasteiger partial charge in [0.05, 0.1) is 0 Å². The average molecular weight is 288 g/mol. The van der Waals surface area contributed by atoms with E-state index in [1.165, 1.54) is 5.56 Å². The van der Waals surface area contributed by atoms with Crippen LogP contribution in [0.25, 0.3) is 0 Å². The normalized spacial score (nSPS) is 20.0. The molecule has 1 aromatic carbocycles. The van der Waals surface area contributed by atoms with Gasteiger partial charge in [-0.15, -0.1) is 0 Å². The number of benzene rings is 1. The predicted octanol–water partition coefficient (Wildman–Crippen LogP) is 3.03. The Bertz CT molecular complexity index is 444. The van der Waals surface area contributed by atoms with Crippen LogP contribution in [0.1, 0.15) is 44.6 Å². The molecule has 3 nitrogen and oxygen atoms in total. The van der Waals surface area contributed by atoms with Crippen LogP contribution in [0.2, 0.25) is 0 Å². The third-order valence-electron chi connectivity index (χ3n) is 4.56. The molecule has 1 aliphatic heterocycles. The summed E-state index contributed by atoms with van der Waals surface area (Å²) in [5.74, 6) is 1.10. The molecule has 1 fully saturated rings. The molecule has 2 rings (SSSR count). The molecule has 1 aliphatic rings. The molecular weight excluding hydrogens is 260 g/mol. The predicted molar refractivity (Wildman–Crippen MR) is 87.3 cm³/mol. The maximum Gasteiger partial charge on any atom is 0.223 e. The molecule has 3 heteroatoms. The highest BCUT2D eigenvalue weighted by Gasteiger charge is 2.30. The summed E-state index contributed by atoms with van der Waals surface area (Å²) in [4.78, 5) is 14.8. The van der Waals surface area contributed by atoms with Gasteiger partial charge in [-0.1, -0.05) is 44.2 Å². The second-order valence-electron chi connectivity index (χ2n) is 6.41. The van der Waals surface area contributed by atoms with Gasteiger partial charge in [-0.2, -0.15) is 0 Å². The number of likely N-dealkylation sites (tertiary alicyclic amines) is 1. The number of nitrogens with zero attached hydrogens (tertiary/aromatic N) is 1. The van der Waals surface area contributed by atoms with E-state index < -0.39 is 0 Å². The first-order valence-corrected chi connectivity index (χ1v) is 8.12. The fourth-order valence-corrected chi connectivity index (χ4v) is 3.36. The number of hydrogen-bond acceptors (Lipinski definition) is 2. The maximum atomic E-state index is 12.7. The van der Waals surface area contributed by atoms with Gasteiger partial charge < -0.3 is 10.2 Å². The van der Waals surface area contributed by atoms with E-state index in [4.69, 9.17) is 0 Å². The summed E-state index contributed by atoms with van der Waals surface area (Å²) in [5, 5.41) is 3.21. The molecule has 116 valence electrons. The first-order valence-electron chi connectivity index (χ1n) is 8.12. The molecule has 0 aliphatic carbocycles. The van der Waals surface area contributed by atoms with Crippen molar-refractivity contribution >= 4 is 5.91 Å². The Morgan fingerprint density at radius 2 is 2.05 bits per heavy atom. The lowest BCUT2D eigenvalue weighted by Crippen LogP contribution is -2.41. The third-order valence-corrected chi connectivity index (χ3v) is 4.56. The van der Waals surface area contributed by atoms with Gasteiger partial charge in [0.1, 0.15) is 0 Å². The average Bonchev–Trinajstić information content (AvgIpc) is 2.94. The van der Waals surface area contributed by atoms with Crippen molar-refractivity contribution in [3.05, 3.63) is 35.9 Å². The summed E-state index contributed by atoms with van der Waals surface area (Å²) in [5.41, 5.74) is 1.28. The van der Waals surface area contributed by atoms with Crippen molar-refractivity contribution in [1.82, 2.24) is 10.2 Å². The van der Waals surface area contributed by atoms with Crippen LogP contribution in [-0.4, -0.2) is 37.0 Å². The Hall–Kier alpha value is -1.35. The van der Waals surface area contributed by atoms with E-state index in [9.17, 15) is 4.79 Å². The lowest BCUT2D eigenvalue weighted by Gasteiger charge is -2.28. The number of likely N-dealkylation sites (N-methyl/N-ethyl adjacent to an activating group) is 1. The fourth-order valence-electron chi connectivity index (χ4n) is 3.36. The number of rotatable bonds is 6. The summed E-state index contributed by atoms with van der Waals surface area (Å²) in [6.07, 6.45) is 2.89. The highest BCUT2D eigenvalue weighted by atomic mass is 16.2. The molecule has 1 amide bonds. The molecule has 0 saturated carbocycles. The number of carbonyl (C=O) groups excluding carboxylic acids is 1. The van der Waals surface area contributed by atoms with Crippen LogP contribution in [0.15, 0.2) is 30.3 Å². The Balaban J connectivity index is 2.05. The molecule has 0 radical (unpaired) electrons. The summed E-state index contributed by atoms with van der Waals surface area (Å²) >= 11 is 0. The Labute approximate surface area is 128 Å². The minimum atomic E-state index is 0.314. The van der Waals surface area contributed by atoms with Crippen LogP contribution < -0.4 is 5.32 Å². The van der Waals surface area contributed by atoms with E-state index in [0.717, 1.165) is 25.9 Å². The van der Waals surface area contributed by atoms with E-state index in [1.807, 2.05) is 13.1 Å². The zero-order chi connectivity index (χ0) is 15.2. The summed E-state index contributed by atoms with van der Waals surface area (Å²) in [7, 11) is 1.96. The van der Waals surface area contributed by atoms with Crippen LogP contribution in [0, 0.1) is 5.92 Å². The van der Waals surface area contributed by atoms with Crippen LogP contribution in [-0.2, 0) is 4.79 Å². The minimum absolute atomic E-state index is 0.314.